The summed E-state index contributed by atoms with van der Waals surface area (Å²) in [5.74, 6) is 0.438. The molecule has 1 aliphatic rings. The Balaban J connectivity index is 1.76. The molecule has 0 radical (unpaired) electrons. The van der Waals surface area contributed by atoms with Gasteiger partial charge in [-0.2, -0.15) is 0 Å². The average molecular weight is 461 g/mol. The third-order valence-electron chi connectivity index (χ3n) is 5.76. The minimum atomic E-state index is -0.369. The monoisotopic (exact) mass is 460 g/mol. The SMILES string of the molecule is CC(C)(CO)CC(C)(C)N=CC(C(=N)c1ccc(OCC2=NCCC=C2)cc1)c1ccncc1. The summed E-state index contributed by atoms with van der Waals surface area (Å²) < 4.78 is 5.87. The number of rotatable bonds is 11. The Labute approximate surface area is 203 Å². The fourth-order valence-corrected chi connectivity index (χ4v) is 4.16. The van der Waals surface area contributed by atoms with Crippen molar-refractivity contribution in [3.8, 4) is 5.75 Å². The maximum absolute atomic E-state index is 9.67. The molecule has 6 nitrogen and oxygen atoms in total. The molecule has 0 fully saturated rings. The molecule has 0 saturated carbocycles. The van der Waals surface area contributed by atoms with Crippen LogP contribution < -0.4 is 4.74 Å². The summed E-state index contributed by atoms with van der Waals surface area (Å²) >= 11 is 0. The van der Waals surface area contributed by atoms with Crippen molar-refractivity contribution < 1.29 is 9.84 Å². The highest BCUT2D eigenvalue weighted by molar-refractivity contribution is 6.12. The van der Waals surface area contributed by atoms with Crippen molar-refractivity contribution in [1.29, 1.82) is 5.41 Å². The van der Waals surface area contributed by atoms with Crippen LogP contribution in [0.3, 0.4) is 0 Å². The minimum Gasteiger partial charge on any atom is -0.487 e. The first-order valence-electron chi connectivity index (χ1n) is 11.8. The Hall–Kier alpha value is -3.12. The molecule has 2 heterocycles. The lowest BCUT2D eigenvalue weighted by atomic mass is 9.81. The molecular weight excluding hydrogens is 424 g/mol. The van der Waals surface area contributed by atoms with E-state index in [0.717, 1.165) is 42.0 Å². The summed E-state index contributed by atoms with van der Waals surface area (Å²) in [6.45, 7) is 9.56. The van der Waals surface area contributed by atoms with Crippen molar-refractivity contribution in [2.45, 2.75) is 52.0 Å². The zero-order valence-electron chi connectivity index (χ0n) is 20.7. The summed E-state index contributed by atoms with van der Waals surface area (Å²) in [6.07, 6.45) is 11.2. The number of aliphatic imine (C=N–C) groups is 2. The number of aliphatic hydroxyl groups excluding tert-OH is 1. The lowest BCUT2D eigenvalue weighted by molar-refractivity contribution is 0.129. The van der Waals surface area contributed by atoms with E-state index in [4.69, 9.17) is 15.1 Å². The molecular formula is C28H36N4O2. The van der Waals surface area contributed by atoms with Crippen molar-refractivity contribution in [3.05, 3.63) is 72.1 Å². The molecule has 34 heavy (non-hydrogen) atoms. The van der Waals surface area contributed by atoms with Gasteiger partial charge in [0.1, 0.15) is 12.4 Å². The van der Waals surface area contributed by atoms with E-state index >= 15 is 0 Å². The van der Waals surface area contributed by atoms with E-state index in [9.17, 15) is 5.11 Å². The van der Waals surface area contributed by atoms with Crippen LogP contribution in [0.25, 0.3) is 0 Å². The van der Waals surface area contributed by atoms with Gasteiger partial charge in [-0.05, 0) is 85.7 Å². The number of pyridine rings is 1. The maximum Gasteiger partial charge on any atom is 0.130 e. The van der Waals surface area contributed by atoms with Crippen LogP contribution >= 0.6 is 0 Å². The van der Waals surface area contributed by atoms with Gasteiger partial charge < -0.3 is 15.3 Å². The first kappa shape index (κ1) is 25.5. The molecule has 1 aromatic carbocycles. The summed E-state index contributed by atoms with van der Waals surface area (Å²) in [4.78, 5) is 13.4. The number of ether oxygens (including phenoxy) is 1. The standard InChI is InChI=1S/C28H36N4O2/c1-27(2,20-33)19-28(3,4)32-17-25(21-12-15-30-16-13-21)26(29)22-8-10-24(11-9-22)34-18-23-7-5-6-14-31-23/h5,7-13,15-17,25,29,33H,6,14,18-20H2,1-4H3. The highest BCUT2D eigenvalue weighted by Gasteiger charge is 2.28. The molecule has 1 atom stereocenters. The van der Waals surface area contributed by atoms with E-state index < -0.39 is 0 Å². The van der Waals surface area contributed by atoms with Gasteiger partial charge in [0, 0.05) is 31.8 Å². The predicted octanol–water partition coefficient (Wildman–Crippen LogP) is 5.27. The third-order valence-corrected chi connectivity index (χ3v) is 5.76. The summed E-state index contributed by atoms with van der Waals surface area (Å²) in [6, 6.07) is 11.5. The number of nitrogens with zero attached hydrogens (tertiary/aromatic N) is 3. The molecule has 1 unspecified atom stereocenters. The van der Waals surface area contributed by atoms with Crippen molar-refractivity contribution in [2.24, 2.45) is 15.4 Å². The number of hydrogen-bond acceptors (Lipinski definition) is 6. The Bertz CT molecular complexity index is 1040. The molecule has 2 aromatic rings. The molecule has 1 aliphatic heterocycles. The lowest BCUT2D eigenvalue weighted by Gasteiger charge is -2.31. The zero-order valence-corrected chi connectivity index (χ0v) is 20.7. The van der Waals surface area contributed by atoms with Gasteiger partial charge in [0.25, 0.3) is 0 Å². The van der Waals surface area contributed by atoms with Crippen molar-refractivity contribution >= 4 is 17.6 Å². The van der Waals surface area contributed by atoms with E-state index in [0.29, 0.717) is 12.3 Å². The molecule has 1 aromatic heterocycles. The fourth-order valence-electron chi connectivity index (χ4n) is 4.16. The first-order chi connectivity index (χ1) is 16.2. The molecule has 3 rings (SSSR count). The molecule has 0 saturated heterocycles. The Kier molecular flexibility index (Phi) is 8.51. The van der Waals surface area contributed by atoms with E-state index in [1.807, 2.05) is 62.5 Å². The van der Waals surface area contributed by atoms with Crippen molar-refractivity contribution in [3.63, 3.8) is 0 Å². The Morgan fingerprint density at radius 2 is 1.85 bits per heavy atom. The Morgan fingerprint density at radius 3 is 2.47 bits per heavy atom. The molecule has 6 heteroatoms. The molecule has 0 amide bonds. The number of dihydropyridines is 1. The smallest absolute Gasteiger partial charge is 0.130 e. The predicted molar refractivity (Wildman–Crippen MR) is 140 cm³/mol. The van der Waals surface area contributed by atoms with Gasteiger partial charge in [-0.1, -0.05) is 19.9 Å². The highest BCUT2D eigenvalue weighted by Crippen LogP contribution is 2.30. The van der Waals surface area contributed by atoms with Gasteiger partial charge in [-0.15, -0.1) is 0 Å². The van der Waals surface area contributed by atoms with Crippen LogP contribution in [-0.4, -0.2) is 53.0 Å². The number of benzene rings is 1. The summed E-state index contributed by atoms with van der Waals surface area (Å²) in [5.41, 5.74) is 2.58. The number of nitrogens with one attached hydrogen (secondary N) is 1. The van der Waals surface area contributed by atoms with Gasteiger partial charge in [-0.25, -0.2) is 0 Å². The van der Waals surface area contributed by atoms with Crippen molar-refractivity contribution in [1.82, 2.24) is 4.98 Å². The second-order valence-corrected chi connectivity index (χ2v) is 10.1. The van der Waals surface area contributed by atoms with E-state index in [1.165, 1.54) is 0 Å². The molecule has 0 spiro atoms. The van der Waals surface area contributed by atoms with E-state index in [-0.39, 0.29) is 23.5 Å². The van der Waals surface area contributed by atoms with Crippen LogP contribution in [0.2, 0.25) is 0 Å². The summed E-state index contributed by atoms with van der Waals surface area (Å²) in [5, 5.41) is 18.6. The molecule has 180 valence electrons. The van der Waals surface area contributed by atoms with Crippen LogP contribution in [0.4, 0.5) is 0 Å². The second-order valence-electron chi connectivity index (χ2n) is 10.1. The molecule has 2 N–H and O–H groups in total. The van der Waals surface area contributed by atoms with E-state index in [1.54, 1.807) is 12.4 Å². The number of aromatic nitrogens is 1. The van der Waals surface area contributed by atoms with Crippen LogP contribution in [0.1, 0.15) is 57.6 Å². The van der Waals surface area contributed by atoms with Crippen LogP contribution in [0, 0.1) is 10.8 Å². The van der Waals surface area contributed by atoms with Gasteiger partial charge >= 0.3 is 0 Å². The largest absolute Gasteiger partial charge is 0.487 e. The quantitative estimate of drug-likeness (QED) is 0.448. The normalized spacial score (nSPS) is 15.3. The highest BCUT2D eigenvalue weighted by atomic mass is 16.5. The zero-order chi connectivity index (χ0) is 24.6. The number of hydrogen-bond donors (Lipinski definition) is 2. The van der Waals surface area contributed by atoms with Gasteiger partial charge in [0.2, 0.25) is 0 Å². The third kappa shape index (κ3) is 7.45. The average Bonchev–Trinajstić information content (AvgIpc) is 2.83. The molecule has 0 bridgehead atoms. The van der Waals surface area contributed by atoms with Crippen LogP contribution in [0.5, 0.6) is 5.75 Å². The van der Waals surface area contributed by atoms with Crippen LogP contribution in [-0.2, 0) is 0 Å². The maximum atomic E-state index is 9.67. The topological polar surface area (TPSA) is 90.9 Å². The number of aliphatic hydroxyl groups is 1. The summed E-state index contributed by atoms with van der Waals surface area (Å²) in [7, 11) is 0. The van der Waals surface area contributed by atoms with E-state index in [2.05, 4.69) is 29.9 Å². The van der Waals surface area contributed by atoms with Gasteiger partial charge in [-0.3, -0.25) is 15.0 Å². The van der Waals surface area contributed by atoms with Gasteiger partial charge in [0.15, 0.2) is 0 Å². The van der Waals surface area contributed by atoms with Crippen LogP contribution in [0.15, 0.2) is 70.9 Å². The van der Waals surface area contributed by atoms with Gasteiger partial charge in [0.05, 0.1) is 22.9 Å². The minimum absolute atomic E-state index is 0.105. The fraction of sp³-hybridized carbons (Fsp3) is 0.429. The first-order valence-corrected chi connectivity index (χ1v) is 11.8. The second kappa shape index (κ2) is 11.3. The lowest BCUT2D eigenvalue weighted by Crippen LogP contribution is -2.30. The molecule has 0 aliphatic carbocycles. The Morgan fingerprint density at radius 1 is 1.15 bits per heavy atom. The van der Waals surface area contributed by atoms with Crippen molar-refractivity contribution in [2.75, 3.05) is 19.8 Å².